The molecule has 0 saturated carbocycles. The van der Waals surface area contributed by atoms with E-state index in [1.54, 1.807) is 18.0 Å². The van der Waals surface area contributed by atoms with E-state index in [2.05, 4.69) is 67.7 Å². The Balaban J connectivity index is 1.50. The topological polar surface area (TPSA) is 56.7 Å². The molecule has 0 unspecified atom stereocenters. The zero-order valence-electron chi connectivity index (χ0n) is 14.9. The quantitative estimate of drug-likeness (QED) is 0.378. The Morgan fingerprint density at radius 1 is 1.04 bits per heavy atom. The third-order valence-electron chi connectivity index (χ3n) is 3.97. The maximum atomic E-state index is 5.80. The number of aryl methyl sites for hydroxylation is 2. The second-order valence-corrected chi connectivity index (χ2v) is 8.08. The third kappa shape index (κ3) is 4.14. The highest BCUT2D eigenvalue weighted by molar-refractivity contribution is 9.10. The fourth-order valence-electron chi connectivity index (χ4n) is 2.83. The van der Waals surface area contributed by atoms with E-state index in [0.29, 0.717) is 17.5 Å². The van der Waals surface area contributed by atoms with Crippen LogP contribution in [0.4, 0.5) is 0 Å². The first-order valence-electron chi connectivity index (χ1n) is 8.41. The summed E-state index contributed by atoms with van der Waals surface area (Å²) in [6, 6.07) is 14.3. The fraction of sp³-hybridized carbons (Fsp3) is 0.150. The van der Waals surface area contributed by atoms with Gasteiger partial charge in [0.25, 0.3) is 0 Å². The molecule has 0 saturated heterocycles. The SMILES string of the molecule is Cc1cc(C)cc(-n2ccnc2SCc2nnc(-c3ccc(Br)cc3)o2)c1. The zero-order valence-corrected chi connectivity index (χ0v) is 17.3. The van der Waals surface area contributed by atoms with Gasteiger partial charge in [0, 0.05) is 28.1 Å². The summed E-state index contributed by atoms with van der Waals surface area (Å²) < 4.78 is 8.89. The fourth-order valence-corrected chi connectivity index (χ4v) is 3.90. The van der Waals surface area contributed by atoms with Crippen molar-refractivity contribution in [2.24, 2.45) is 0 Å². The van der Waals surface area contributed by atoms with Crippen molar-refractivity contribution in [3.63, 3.8) is 0 Å². The molecule has 0 atom stereocenters. The highest BCUT2D eigenvalue weighted by Gasteiger charge is 2.12. The first-order chi connectivity index (χ1) is 13.1. The molecule has 0 aliphatic carbocycles. The number of aromatic nitrogens is 4. The third-order valence-corrected chi connectivity index (χ3v) is 5.45. The van der Waals surface area contributed by atoms with Gasteiger partial charge in [-0.25, -0.2) is 4.98 Å². The molecule has 0 fully saturated rings. The zero-order chi connectivity index (χ0) is 18.8. The molecule has 136 valence electrons. The maximum absolute atomic E-state index is 5.80. The summed E-state index contributed by atoms with van der Waals surface area (Å²) in [6.45, 7) is 4.20. The summed E-state index contributed by atoms with van der Waals surface area (Å²) in [7, 11) is 0. The lowest BCUT2D eigenvalue weighted by atomic mass is 10.1. The average Bonchev–Trinajstić information content (AvgIpc) is 3.29. The van der Waals surface area contributed by atoms with E-state index in [1.807, 2.05) is 30.5 Å². The molecule has 0 aliphatic heterocycles. The molecule has 2 aromatic heterocycles. The van der Waals surface area contributed by atoms with Crippen LogP contribution >= 0.6 is 27.7 Å². The van der Waals surface area contributed by atoms with Crippen LogP contribution in [-0.4, -0.2) is 19.7 Å². The van der Waals surface area contributed by atoms with Gasteiger partial charge in [-0.3, -0.25) is 4.57 Å². The van der Waals surface area contributed by atoms with Crippen molar-refractivity contribution in [3.05, 3.63) is 76.3 Å². The number of nitrogens with zero attached hydrogens (tertiary/aromatic N) is 4. The predicted molar refractivity (Wildman–Crippen MR) is 110 cm³/mol. The van der Waals surface area contributed by atoms with Gasteiger partial charge in [0.2, 0.25) is 11.8 Å². The minimum Gasteiger partial charge on any atom is -0.420 e. The molecular formula is C20H17BrN4OS. The molecule has 0 aliphatic rings. The van der Waals surface area contributed by atoms with Crippen molar-refractivity contribution in [2.45, 2.75) is 24.8 Å². The van der Waals surface area contributed by atoms with Gasteiger partial charge in [-0.2, -0.15) is 0 Å². The van der Waals surface area contributed by atoms with Crippen molar-refractivity contribution >= 4 is 27.7 Å². The molecule has 7 heteroatoms. The number of hydrogen-bond acceptors (Lipinski definition) is 5. The highest BCUT2D eigenvalue weighted by atomic mass is 79.9. The van der Waals surface area contributed by atoms with Crippen LogP contribution in [0.5, 0.6) is 0 Å². The van der Waals surface area contributed by atoms with Gasteiger partial charge in [-0.15, -0.1) is 10.2 Å². The Labute approximate surface area is 170 Å². The van der Waals surface area contributed by atoms with Crippen LogP contribution in [0.3, 0.4) is 0 Å². The number of imidazole rings is 1. The van der Waals surface area contributed by atoms with Gasteiger partial charge in [0.15, 0.2) is 5.16 Å². The van der Waals surface area contributed by atoms with Gasteiger partial charge in [0.05, 0.1) is 5.75 Å². The normalized spacial score (nSPS) is 11.1. The number of thioether (sulfide) groups is 1. The number of rotatable bonds is 5. The molecule has 0 radical (unpaired) electrons. The first-order valence-corrected chi connectivity index (χ1v) is 10.2. The van der Waals surface area contributed by atoms with Gasteiger partial charge in [-0.1, -0.05) is 33.8 Å². The molecule has 5 nitrogen and oxygen atoms in total. The highest BCUT2D eigenvalue weighted by Crippen LogP contribution is 2.26. The Hall–Kier alpha value is -2.38. The molecule has 2 aromatic carbocycles. The lowest BCUT2D eigenvalue weighted by Crippen LogP contribution is -1.97. The van der Waals surface area contributed by atoms with Crippen LogP contribution in [0.25, 0.3) is 17.1 Å². The van der Waals surface area contributed by atoms with Crippen LogP contribution in [0, 0.1) is 13.8 Å². The monoisotopic (exact) mass is 440 g/mol. The molecule has 0 amide bonds. The standard InChI is InChI=1S/C20H17BrN4OS/c1-13-9-14(2)11-17(10-13)25-8-7-22-20(25)27-12-18-23-24-19(26-18)15-3-5-16(21)6-4-15/h3-11H,12H2,1-2H3. The van der Waals surface area contributed by atoms with Gasteiger partial charge in [-0.05, 0) is 61.4 Å². The van der Waals surface area contributed by atoms with Crippen molar-refractivity contribution in [1.29, 1.82) is 0 Å². The van der Waals surface area contributed by atoms with Crippen molar-refractivity contribution < 1.29 is 4.42 Å². The van der Waals surface area contributed by atoms with E-state index in [9.17, 15) is 0 Å². The van der Waals surface area contributed by atoms with E-state index in [1.165, 1.54) is 11.1 Å². The summed E-state index contributed by atoms with van der Waals surface area (Å²) in [4.78, 5) is 4.47. The van der Waals surface area contributed by atoms with Gasteiger partial charge in [0.1, 0.15) is 0 Å². The lowest BCUT2D eigenvalue weighted by Gasteiger charge is -2.09. The molecular weight excluding hydrogens is 424 g/mol. The van der Waals surface area contributed by atoms with Crippen molar-refractivity contribution in [3.8, 4) is 17.1 Å². The Morgan fingerprint density at radius 3 is 2.52 bits per heavy atom. The van der Waals surface area contributed by atoms with E-state index >= 15 is 0 Å². The van der Waals surface area contributed by atoms with Crippen LogP contribution < -0.4 is 0 Å². The molecule has 27 heavy (non-hydrogen) atoms. The molecule has 0 bridgehead atoms. The van der Waals surface area contributed by atoms with Crippen LogP contribution in [-0.2, 0) is 5.75 Å². The first kappa shape index (κ1) is 18.0. The van der Waals surface area contributed by atoms with Crippen LogP contribution in [0.1, 0.15) is 17.0 Å². The Kier molecular flexibility index (Phi) is 5.13. The number of benzene rings is 2. The smallest absolute Gasteiger partial charge is 0.247 e. The Morgan fingerprint density at radius 2 is 1.78 bits per heavy atom. The molecule has 4 rings (SSSR count). The summed E-state index contributed by atoms with van der Waals surface area (Å²) in [5.41, 5.74) is 4.46. The minimum absolute atomic E-state index is 0.524. The van der Waals surface area contributed by atoms with E-state index in [-0.39, 0.29) is 0 Å². The van der Waals surface area contributed by atoms with E-state index < -0.39 is 0 Å². The second kappa shape index (κ2) is 7.70. The number of hydrogen-bond donors (Lipinski definition) is 0. The molecule has 4 aromatic rings. The lowest BCUT2D eigenvalue weighted by molar-refractivity contribution is 0.528. The second-order valence-electron chi connectivity index (χ2n) is 6.22. The molecule has 0 N–H and O–H groups in total. The number of halogens is 1. The summed E-state index contributed by atoms with van der Waals surface area (Å²) in [5, 5.41) is 9.20. The summed E-state index contributed by atoms with van der Waals surface area (Å²) in [6.07, 6.45) is 3.78. The van der Waals surface area contributed by atoms with Crippen molar-refractivity contribution in [1.82, 2.24) is 19.7 Å². The summed E-state index contributed by atoms with van der Waals surface area (Å²) in [5.74, 6) is 1.66. The largest absolute Gasteiger partial charge is 0.420 e. The summed E-state index contributed by atoms with van der Waals surface area (Å²) >= 11 is 5.00. The van der Waals surface area contributed by atoms with Crippen LogP contribution in [0.15, 0.2) is 68.9 Å². The average molecular weight is 441 g/mol. The Bertz CT molecular complexity index is 1050. The van der Waals surface area contributed by atoms with Crippen LogP contribution in [0.2, 0.25) is 0 Å². The molecule has 0 spiro atoms. The maximum Gasteiger partial charge on any atom is 0.247 e. The van der Waals surface area contributed by atoms with Crippen molar-refractivity contribution in [2.75, 3.05) is 0 Å². The minimum atomic E-state index is 0.524. The van der Waals surface area contributed by atoms with Gasteiger partial charge < -0.3 is 4.42 Å². The predicted octanol–water partition coefficient (Wildman–Crippen LogP) is 5.59. The van der Waals surface area contributed by atoms with Gasteiger partial charge >= 0.3 is 0 Å². The van der Waals surface area contributed by atoms with E-state index in [0.717, 1.165) is 20.9 Å². The van der Waals surface area contributed by atoms with E-state index in [4.69, 9.17) is 4.42 Å². The molecule has 2 heterocycles.